The van der Waals surface area contributed by atoms with Crippen LogP contribution in [-0.2, 0) is 16.0 Å². The molecule has 0 aliphatic rings. The molecule has 2 heterocycles. The van der Waals surface area contributed by atoms with Crippen LogP contribution in [0.15, 0.2) is 83.8 Å². The quantitative estimate of drug-likeness (QED) is 0.423. The van der Waals surface area contributed by atoms with Crippen LogP contribution in [0.1, 0.15) is 15.9 Å². The lowest BCUT2D eigenvalue weighted by atomic mass is 10.1. The van der Waals surface area contributed by atoms with Crippen LogP contribution in [0.5, 0.6) is 0 Å². The Kier molecular flexibility index (Phi) is 6.40. The van der Waals surface area contributed by atoms with Gasteiger partial charge in [0.05, 0.1) is 12.8 Å². The molecule has 166 valence electrons. The Morgan fingerprint density at radius 1 is 1.00 bits per heavy atom. The first kappa shape index (κ1) is 21.7. The van der Waals surface area contributed by atoms with Crippen LogP contribution < -0.4 is 10.9 Å². The molecule has 33 heavy (non-hydrogen) atoms. The molecule has 0 saturated heterocycles. The fourth-order valence-corrected chi connectivity index (χ4v) is 3.32. The van der Waals surface area contributed by atoms with Crippen molar-refractivity contribution in [3.63, 3.8) is 0 Å². The highest BCUT2D eigenvalue weighted by Gasteiger charge is 2.25. The number of amides is 1. The molecule has 0 spiro atoms. The number of H-pyrrole nitrogens is 1. The van der Waals surface area contributed by atoms with Crippen molar-refractivity contribution in [3.8, 4) is 17.1 Å². The van der Waals surface area contributed by atoms with E-state index in [0.29, 0.717) is 17.1 Å². The number of nitrogens with zero attached hydrogens (tertiary/aromatic N) is 3. The summed E-state index contributed by atoms with van der Waals surface area (Å²) in [6, 6.07) is 20.4. The lowest BCUT2D eigenvalue weighted by molar-refractivity contribution is -0.142. The van der Waals surface area contributed by atoms with Crippen molar-refractivity contribution >= 4 is 11.9 Å². The minimum Gasteiger partial charge on any atom is -0.467 e. The number of nitrogens with one attached hydrogen (secondary N) is 2. The number of aromatic amines is 1. The van der Waals surface area contributed by atoms with Crippen LogP contribution >= 0.6 is 0 Å². The van der Waals surface area contributed by atoms with Crippen LogP contribution in [0.3, 0.4) is 0 Å². The van der Waals surface area contributed by atoms with E-state index in [1.54, 1.807) is 42.5 Å². The van der Waals surface area contributed by atoms with E-state index in [9.17, 15) is 14.4 Å². The molecular formula is C24H21N5O4. The van der Waals surface area contributed by atoms with Crippen LogP contribution in [-0.4, -0.2) is 45.0 Å². The third kappa shape index (κ3) is 4.87. The Morgan fingerprint density at radius 2 is 1.70 bits per heavy atom. The molecule has 2 aromatic heterocycles. The molecule has 0 aliphatic heterocycles. The van der Waals surface area contributed by atoms with E-state index in [-0.39, 0.29) is 12.0 Å². The van der Waals surface area contributed by atoms with Gasteiger partial charge in [0.1, 0.15) is 6.04 Å². The number of methoxy groups -OCH3 is 1. The van der Waals surface area contributed by atoms with Gasteiger partial charge in [0.2, 0.25) is 0 Å². The predicted molar refractivity (Wildman–Crippen MR) is 121 cm³/mol. The summed E-state index contributed by atoms with van der Waals surface area (Å²) in [7, 11) is 1.23. The second kappa shape index (κ2) is 9.73. The summed E-state index contributed by atoms with van der Waals surface area (Å²) < 4.78 is 6.04. The Hall–Kier alpha value is -4.53. The first-order valence-electron chi connectivity index (χ1n) is 10.2. The van der Waals surface area contributed by atoms with Crippen molar-refractivity contribution in [2.75, 3.05) is 7.11 Å². The number of ether oxygens (including phenoxy) is 1. The molecule has 0 saturated carbocycles. The molecule has 0 bridgehead atoms. The lowest BCUT2D eigenvalue weighted by Crippen LogP contribution is -2.43. The number of carbonyl (C=O) groups excluding carboxylic acids is 2. The first-order chi connectivity index (χ1) is 16.1. The molecule has 0 aliphatic carbocycles. The molecule has 2 N–H and O–H groups in total. The van der Waals surface area contributed by atoms with Crippen molar-refractivity contribution in [2.24, 2.45) is 0 Å². The van der Waals surface area contributed by atoms with Crippen molar-refractivity contribution in [2.45, 2.75) is 12.5 Å². The number of rotatable bonds is 7. The van der Waals surface area contributed by atoms with E-state index in [1.165, 1.54) is 18.0 Å². The fraction of sp³-hybridized carbons (Fsp3) is 0.125. The second-order valence-corrected chi connectivity index (χ2v) is 7.20. The normalized spacial score (nSPS) is 11.5. The minimum absolute atomic E-state index is 0.0525. The smallest absolute Gasteiger partial charge is 0.328 e. The SMILES string of the molecule is COC(=O)[C@H](Cc1c[nH]n(-c2ccc(-c3ccccc3)nn2)c1=O)NC(=O)c1ccccc1. The van der Waals surface area contributed by atoms with Gasteiger partial charge >= 0.3 is 5.97 Å². The first-order valence-corrected chi connectivity index (χ1v) is 10.2. The van der Waals surface area contributed by atoms with Gasteiger partial charge < -0.3 is 10.1 Å². The Labute approximate surface area is 189 Å². The zero-order valence-corrected chi connectivity index (χ0v) is 17.8. The standard InChI is InChI=1S/C24H21N5O4/c1-33-24(32)20(26-22(30)17-10-6-3-7-11-17)14-18-15-25-29(23(18)31)21-13-12-19(27-28-21)16-8-4-2-5-9-16/h2-13,15,20,25H,14H2,1H3,(H,26,30)/t20-/m0/s1. The molecular weight excluding hydrogens is 422 g/mol. The summed E-state index contributed by atoms with van der Waals surface area (Å²) in [5.74, 6) is -0.795. The van der Waals surface area contributed by atoms with Crippen molar-refractivity contribution in [1.82, 2.24) is 25.3 Å². The summed E-state index contributed by atoms with van der Waals surface area (Å²) in [5.41, 5.74) is 1.86. The van der Waals surface area contributed by atoms with Crippen LogP contribution in [0.25, 0.3) is 17.1 Å². The Bertz CT molecular complexity index is 1300. The topological polar surface area (TPSA) is 119 Å². The number of hydrogen-bond acceptors (Lipinski definition) is 6. The van der Waals surface area contributed by atoms with E-state index in [1.807, 2.05) is 30.3 Å². The number of aromatic nitrogens is 4. The average molecular weight is 443 g/mol. The monoisotopic (exact) mass is 443 g/mol. The molecule has 9 nitrogen and oxygen atoms in total. The Balaban J connectivity index is 1.53. The van der Waals surface area contributed by atoms with Gasteiger partial charge in [0.25, 0.3) is 11.5 Å². The molecule has 0 fully saturated rings. The van der Waals surface area contributed by atoms with Crippen molar-refractivity contribution in [3.05, 3.63) is 100 Å². The van der Waals surface area contributed by atoms with Gasteiger partial charge in [-0.2, -0.15) is 4.68 Å². The van der Waals surface area contributed by atoms with Gasteiger partial charge in [0.15, 0.2) is 5.82 Å². The summed E-state index contributed by atoms with van der Waals surface area (Å²) in [4.78, 5) is 37.7. The molecule has 4 rings (SSSR count). The summed E-state index contributed by atoms with van der Waals surface area (Å²) >= 11 is 0. The fourth-order valence-electron chi connectivity index (χ4n) is 3.32. The van der Waals surface area contributed by atoms with Crippen LogP contribution in [0, 0.1) is 0 Å². The van der Waals surface area contributed by atoms with Gasteiger partial charge in [-0.25, -0.2) is 4.79 Å². The highest BCUT2D eigenvalue weighted by Crippen LogP contribution is 2.15. The largest absolute Gasteiger partial charge is 0.467 e. The van der Waals surface area contributed by atoms with E-state index >= 15 is 0 Å². The summed E-state index contributed by atoms with van der Waals surface area (Å²) in [6.07, 6.45) is 1.42. The van der Waals surface area contributed by atoms with E-state index < -0.39 is 23.5 Å². The van der Waals surface area contributed by atoms with E-state index in [2.05, 4.69) is 20.6 Å². The van der Waals surface area contributed by atoms with E-state index in [0.717, 1.165) is 5.56 Å². The summed E-state index contributed by atoms with van der Waals surface area (Å²) in [5, 5.41) is 13.8. The zero-order valence-electron chi connectivity index (χ0n) is 17.8. The summed E-state index contributed by atoms with van der Waals surface area (Å²) in [6.45, 7) is 0. The average Bonchev–Trinajstić information content (AvgIpc) is 3.24. The molecule has 9 heteroatoms. The minimum atomic E-state index is -1.04. The highest BCUT2D eigenvalue weighted by atomic mass is 16.5. The van der Waals surface area contributed by atoms with Gasteiger partial charge in [0, 0.05) is 29.3 Å². The maximum atomic E-state index is 12.9. The van der Waals surface area contributed by atoms with Crippen molar-refractivity contribution < 1.29 is 14.3 Å². The number of carbonyl (C=O) groups is 2. The highest BCUT2D eigenvalue weighted by molar-refractivity contribution is 5.96. The van der Waals surface area contributed by atoms with Crippen LogP contribution in [0.2, 0.25) is 0 Å². The number of esters is 1. The molecule has 1 amide bonds. The third-order valence-electron chi connectivity index (χ3n) is 5.05. The van der Waals surface area contributed by atoms with E-state index in [4.69, 9.17) is 4.74 Å². The molecule has 2 aromatic carbocycles. The maximum absolute atomic E-state index is 12.9. The predicted octanol–water partition coefficient (Wildman–Crippen LogP) is 2.14. The van der Waals surface area contributed by atoms with Gasteiger partial charge in [-0.3, -0.25) is 14.7 Å². The third-order valence-corrected chi connectivity index (χ3v) is 5.05. The van der Waals surface area contributed by atoms with Gasteiger partial charge in [-0.15, -0.1) is 10.2 Å². The maximum Gasteiger partial charge on any atom is 0.328 e. The Morgan fingerprint density at radius 3 is 2.33 bits per heavy atom. The van der Waals surface area contributed by atoms with Crippen molar-refractivity contribution in [1.29, 1.82) is 0 Å². The van der Waals surface area contributed by atoms with Gasteiger partial charge in [-0.1, -0.05) is 48.5 Å². The number of benzene rings is 2. The van der Waals surface area contributed by atoms with Gasteiger partial charge in [-0.05, 0) is 24.3 Å². The molecule has 4 aromatic rings. The molecule has 0 radical (unpaired) electrons. The zero-order chi connectivity index (χ0) is 23.2. The van der Waals surface area contributed by atoms with Crippen LogP contribution in [0.4, 0.5) is 0 Å². The molecule has 1 atom stereocenters. The second-order valence-electron chi connectivity index (χ2n) is 7.20. The molecule has 0 unspecified atom stereocenters. The number of hydrogen-bond donors (Lipinski definition) is 2. The lowest BCUT2D eigenvalue weighted by Gasteiger charge is -2.15.